The molecule has 0 unspecified atom stereocenters. The Morgan fingerprint density at radius 1 is 1.16 bits per heavy atom. The van der Waals surface area contributed by atoms with E-state index in [9.17, 15) is 4.79 Å². The lowest BCUT2D eigenvalue weighted by atomic mass is 10.1. The molecule has 1 saturated heterocycles. The van der Waals surface area contributed by atoms with Gasteiger partial charge in [-0.05, 0) is 43.7 Å². The molecule has 2 aromatic carbocycles. The number of rotatable bonds is 4. The average Bonchev–Trinajstić information content (AvgIpc) is 2.62. The molecular weight excluding hydrogens is 334 g/mol. The molecule has 0 saturated carbocycles. The number of nitrogens with one attached hydrogen (secondary N) is 2. The van der Waals surface area contributed by atoms with Gasteiger partial charge in [0.2, 0.25) is 0 Å². The Kier molecular flexibility index (Phi) is 5.61. The summed E-state index contributed by atoms with van der Waals surface area (Å²) in [5.41, 5.74) is 3.36. The molecule has 4 nitrogen and oxygen atoms in total. The lowest BCUT2D eigenvalue weighted by Gasteiger charge is -2.36. The number of piperazine rings is 1. The minimum atomic E-state index is -0.0852. The minimum Gasteiger partial charge on any atom is -0.360 e. The van der Waals surface area contributed by atoms with E-state index in [1.165, 1.54) is 16.2 Å². The van der Waals surface area contributed by atoms with Gasteiger partial charge in [-0.15, -0.1) is 0 Å². The van der Waals surface area contributed by atoms with Gasteiger partial charge in [0.1, 0.15) is 0 Å². The number of aryl methyl sites for hydroxylation is 1. The molecule has 132 valence electrons. The summed E-state index contributed by atoms with van der Waals surface area (Å²) >= 11 is 5.98. The van der Waals surface area contributed by atoms with Gasteiger partial charge < -0.3 is 15.1 Å². The van der Waals surface area contributed by atoms with Crippen LogP contribution in [0.3, 0.4) is 0 Å². The lowest BCUT2D eigenvalue weighted by Crippen LogP contribution is -3.19. The van der Waals surface area contributed by atoms with E-state index in [2.05, 4.69) is 41.4 Å². The maximum atomic E-state index is 12.5. The van der Waals surface area contributed by atoms with Crippen LogP contribution in [-0.4, -0.2) is 38.1 Å². The first-order valence-corrected chi connectivity index (χ1v) is 9.14. The van der Waals surface area contributed by atoms with Crippen molar-refractivity contribution < 1.29 is 9.69 Å². The molecule has 1 heterocycles. The summed E-state index contributed by atoms with van der Waals surface area (Å²) < 4.78 is 0. The van der Waals surface area contributed by atoms with E-state index < -0.39 is 0 Å². The highest BCUT2D eigenvalue weighted by Crippen LogP contribution is 2.19. The van der Waals surface area contributed by atoms with Crippen LogP contribution in [0.1, 0.15) is 12.5 Å². The molecule has 0 spiro atoms. The third-order valence-electron chi connectivity index (χ3n) is 4.96. The third kappa shape index (κ3) is 4.33. The molecule has 25 heavy (non-hydrogen) atoms. The number of nitrogens with zero attached hydrogens (tertiary/aromatic N) is 1. The molecule has 2 N–H and O–H groups in total. The molecule has 0 radical (unpaired) electrons. The second-order valence-corrected chi connectivity index (χ2v) is 7.09. The molecule has 0 aromatic heterocycles. The number of amides is 1. The van der Waals surface area contributed by atoms with Crippen molar-refractivity contribution in [1.29, 1.82) is 0 Å². The summed E-state index contributed by atoms with van der Waals surface area (Å²) in [7, 11) is 0. The van der Waals surface area contributed by atoms with E-state index in [1.807, 2.05) is 19.1 Å². The van der Waals surface area contributed by atoms with Crippen LogP contribution in [0, 0.1) is 6.92 Å². The Morgan fingerprint density at radius 3 is 2.56 bits per heavy atom. The standard InChI is InChI=1S/C20H24ClN3O/c1-15-6-3-4-9-19(15)24-12-10-23(11-13-24)16(2)20(25)22-18-8-5-7-17(21)14-18/h3-9,14,16H,10-13H2,1-2H3,(H,22,25)/p+1/t16-/m0/s1. The molecule has 1 atom stereocenters. The highest BCUT2D eigenvalue weighted by Gasteiger charge is 2.29. The average molecular weight is 359 g/mol. The Hall–Kier alpha value is -2.04. The number of para-hydroxylation sites is 1. The van der Waals surface area contributed by atoms with Crippen molar-refractivity contribution in [1.82, 2.24) is 0 Å². The SMILES string of the molecule is Cc1ccccc1N1CC[NH+]([C@@H](C)C(=O)Nc2cccc(Cl)c2)CC1. The predicted octanol–water partition coefficient (Wildman–Crippen LogP) is 2.38. The van der Waals surface area contributed by atoms with Crippen LogP contribution < -0.4 is 15.1 Å². The number of carbonyl (C=O) groups excluding carboxylic acids is 1. The topological polar surface area (TPSA) is 36.8 Å². The van der Waals surface area contributed by atoms with E-state index in [0.717, 1.165) is 31.9 Å². The second kappa shape index (κ2) is 7.89. The van der Waals surface area contributed by atoms with Crippen LogP contribution in [-0.2, 0) is 4.79 Å². The highest BCUT2D eigenvalue weighted by atomic mass is 35.5. The molecular formula is C20H25ClN3O+. The van der Waals surface area contributed by atoms with Gasteiger partial charge in [0.15, 0.2) is 6.04 Å². The van der Waals surface area contributed by atoms with Gasteiger partial charge in [-0.25, -0.2) is 0 Å². The van der Waals surface area contributed by atoms with Gasteiger partial charge >= 0.3 is 0 Å². The first kappa shape index (κ1) is 17.8. The van der Waals surface area contributed by atoms with Crippen molar-refractivity contribution >= 4 is 28.9 Å². The number of halogens is 1. The fourth-order valence-corrected chi connectivity index (χ4v) is 3.58. The zero-order valence-electron chi connectivity index (χ0n) is 14.8. The van der Waals surface area contributed by atoms with Crippen LogP contribution in [0.2, 0.25) is 5.02 Å². The Bertz CT molecular complexity index is 741. The summed E-state index contributed by atoms with van der Waals surface area (Å²) in [6, 6.07) is 15.7. The summed E-state index contributed by atoms with van der Waals surface area (Å²) in [6.07, 6.45) is 0. The number of carbonyl (C=O) groups is 1. The Morgan fingerprint density at radius 2 is 1.88 bits per heavy atom. The Labute approximate surface area is 154 Å². The second-order valence-electron chi connectivity index (χ2n) is 6.65. The smallest absolute Gasteiger partial charge is 0.282 e. The number of anilines is 2. The zero-order chi connectivity index (χ0) is 17.8. The maximum Gasteiger partial charge on any atom is 0.282 e. The fraction of sp³-hybridized carbons (Fsp3) is 0.350. The normalized spacial score (nSPS) is 16.5. The van der Waals surface area contributed by atoms with Crippen molar-refractivity contribution in [2.45, 2.75) is 19.9 Å². The van der Waals surface area contributed by atoms with E-state index in [0.29, 0.717) is 5.02 Å². The number of hydrogen-bond acceptors (Lipinski definition) is 2. The van der Waals surface area contributed by atoms with Crippen molar-refractivity contribution in [3.8, 4) is 0 Å². The van der Waals surface area contributed by atoms with Gasteiger partial charge in [0.25, 0.3) is 5.91 Å². The molecule has 0 aliphatic carbocycles. The van der Waals surface area contributed by atoms with Gasteiger partial charge in [0, 0.05) is 16.4 Å². The molecule has 1 fully saturated rings. The fourth-order valence-electron chi connectivity index (χ4n) is 3.39. The summed E-state index contributed by atoms with van der Waals surface area (Å²) in [4.78, 5) is 16.3. The largest absolute Gasteiger partial charge is 0.360 e. The first-order chi connectivity index (χ1) is 12.0. The van der Waals surface area contributed by atoms with Crippen LogP contribution in [0.25, 0.3) is 0 Å². The van der Waals surface area contributed by atoms with Gasteiger partial charge in [-0.1, -0.05) is 35.9 Å². The summed E-state index contributed by atoms with van der Waals surface area (Å²) in [5.74, 6) is 0.0432. The van der Waals surface area contributed by atoms with Crippen molar-refractivity contribution in [3.63, 3.8) is 0 Å². The van der Waals surface area contributed by atoms with Crippen LogP contribution in [0.15, 0.2) is 48.5 Å². The molecule has 1 amide bonds. The summed E-state index contributed by atoms with van der Waals surface area (Å²) in [5, 5.41) is 3.60. The van der Waals surface area contributed by atoms with E-state index in [4.69, 9.17) is 11.6 Å². The van der Waals surface area contributed by atoms with E-state index in [-0.39, 0.29) is 11.9 Å². The maximum absolute atomic E-state index is 12.5. The lowest BCUT2D eigenvalue weighted by molar-refractivity contribution is -0.914. The Balaban J connectivity index is 1.57. The summed E-state index contributed by atoms with van der Waals surface area (Å²) in [6.45, 7) is 8.00. The number of quaternary nitrogens is 1. The molecule has 2 aromatic rings. The zero-order valence-corrected chi connectivity index (χ0v) is 15.5. The number of benzene rings is 2. The monoisotopic (exact) mass is 358 g/mol. The predicted molar refractivity (Wildman–Crippen MR) is 104 cm³/mol. The quantitative estimate of drug-likeness (QED) is 0.880. The minimum absolute atomic E-state index is 0.0432. The third-order valence-corrected chi connectivity index (χ3v) is 5.19. The molecule has 5 heteroatoms. The molecule has 1 aliphatic rings. The molecule has 0 bridgehead atoms. The van der Waals surface area contributed by atoms with E-state index >= 15 is 0 Å². The molecule has 3 rings (SSSR count). The van der Waals surface area contributed by atoms with E-state index in [1.54, 1.807) is 12.1 Å². The van der Waals surface area contributed by atoms with Gasteiger partial charge in [-0.2, -0.15) is 0 Å². The molecule has 1 aliphatic heterocycles. The first-order valence-electron chi connectivity index (χ1n) is 8.76. The number of hydrogen-bond donors (Lipinski definition) is 2. The van der Waals surface area contributed by atoms with Crippen molar-refractivity contribution in [2.24, 2.45) is 0 Å². The van der Waals surface area contributed by atoms with Crippen LogP contribution in [0.5, 0.6) is 0 Å². The highest BCUT2D eigenvalue weighted by molar-refractivity contribution is 6.30. The van der Waals surface area contributed by atoms with Crippen molar-refractivity contribution in [2.75, 3.05) is 36.4 Å². The van der Waals surface area contributed by atoms with Gasteiger partial charge in [-0.3, -0.25) is 4.79 Å². The van der Waals surface area contributed by atoms with Gasteiger partial charge in [0.05, 0.1) is 26.2 Å². The van der Waals surface area contributed by atoms with Crippen molar-refractivity contribution in [3.05, 3.63) is 59.1 Å². The van der Waals surface area contributed by atoms with Crippen LogP contribution in [0.4, 0.5) is 11.4 Å². The van der Waals surface area contributed by atoms with Crippen LogP contribution >= 0.6 is 11.6 Å².